The van der Waals surface area contributed by atoms with Crippen molar-refractivity contribution >= 4 is 11.8 Å². The van der Waals surface area contributed by atoms with Crippen molar-refractivity contribution in [3.8, 4) is 0 Å². The molecular formula is C10H17N3O3. The summed E-state index contributed by atoms with van der Waals surface area (Å²) in [7, 11) is 0. The van der Waals surface area contributed by atoms with Crippen LogP contribution in [0.15, 0.2) is 0 Å². The zero-order chi connectivity index (χ0) is 11.7. The zero-order valence-electron chi connectivity index (χ0n) is 9.02. The molecule has 6 nitrogen and oxygen atoms in total. The van der Waals surface area contributed by atoms with Crippen molar-refractivity contribution in [2.45, 2.75) is 25.3 Å². The molecule has 2 aliphatic rings. The van der Waals surface area contributed by atoms with Gasteiger partial charge >= 0.3 is 0 Å². The first-order valence-electron chi connectivity index (χ1n) is 5.55. The summed E-state index contributed by atoms with van der Waals surface area (Å²) in [4.78, 5) is 26.9. The molecule has 2 fully saturated rings. The normalized spacial score (nSPS) is 36.3. The van der Waals surface area contributed by atoms with Gasteiger partial charge in [0.15, 0.2) is 6.61 Å². The third-order valence-electron chi connectivity index (χ3n) is 3.67. The predicted molar refractivity (Wildman–Crippen MR) is 55.6 cm³/mol. The Kier molecular flexibility index (Phi) is 3.11. The number of primary amides is 1. The van der Waals surface area contributed by atoms with Gasteiger partial charge in [-0.15, -0.1) is 0 Å². The number of fused-ring (bicyclic) bond motifs is 2. The molecule has 0 aliphatic heterocycles. The lowest BCUT2D eigenvalue weighted by atomic mass is 9.84. The van der Waals surface area contributed by atoms with E-state index in [-0.39, 0.29) is 24.5 Å². The van der Waals surface area contributed by atoms with Crippen molar-refractivity contribution in [1.29, 1.82) is 0 Å². The molecule has 2 bridgehead atoms. The number of rotatable bonds is 4. The summed E-state index contributed by atoms with van der Waals surface area (Å²) in [5.41, 5.74) is 13.1. The second-order valence-corrected chi connectivity index (χ2v) is 4.66. The van der Waals surface area contributed by atoms with Crippen LogP contribution in [0.5, 0.6) is 0 Å². The van der Waals surface area contributed by atoms with Gasteiger partial charge in [0.1, 0.15) is 0 Å². The number of hydroxylamine groups is 1. The average molecular weight is 227 g/mol. The monoisotopic (exact) mass is 227 g/mol. The molecule has 90 valence electrons. The van der Waals surface area contributed by atoms with E-state index in [1.54, 1.807) is 0 Å². The van der Waals surface area contributed by atoms with Gasteiger partial charge in [-0.2, -0.15) is 0 Å². The minimum absolute atomic E-state index is 0.0732. The number of hydrogen-bond acceptors (Lipinski definition) is 4. The molecule has 5 N–H and O–H groups in total. The molecule has 0 aromatic carbocycles. The molecule has 2 saturated carbocycles. The topological polar surface area (TPSA) is 107 Å². The lowest BCUT2D eigenvalue weighted by molar-refractivity contribution is -0.143. The molecule has 4 atom stereocenters. The van der Waals surface area contributed by atoms with Gasteiger partial charge in [0.25, 0.3) is 0 Å². The van der Waals surface area contributed by atoms with E-state index < -0.39 is 5.91 Å². The van der Waals surface area contributed by atoms with Gasteiger partial charge in [-0.3, -0.25) is 14.4 Å². The Morgan fingerprint density at radius 3 is 2.56 bits per heavy atom. The van der Waals surface area contributed by atoms with Crippen molar-refractivity contribution in [2.75, 3.05) is 6.61 Å². The Labute approximate surface area is 93.6 Å². The van der Waals surface area contributed by atoms with E-state index in [9.17, 15) is 9.59 Å². The summed E-state index contributed by atoms with van der Waals surface area (Å²) in [6, 6.07) is -0.0732. The van der Waals surface area contributed by atoms with Gasteiger partial charge in [-0.05, 0) is 31.1 Å². The van der Waals surface area contributed by atoms with Crippen LogP contribution in [0.2, 0.25) is 0 Å². The molecule has 2 aliphatic carbocycles. The first-order valence-corrected chi connectivity index (χ1v) is 5.55. The standard InChI is InChI=1S/C10H17N3O3/c11-7(14)4-16-13-10(15)8-5-1-2-6(3-5)9(8)12/h5-6,8-9H,1-4,12H2,(H2,11,14)(H,13,15). The van der Waals surface area contributed by atoms with E-state index in [1.807, 2.05) is 0 Å². The molecule has 2 rings (SSSR count). The Hall–Kier alpha value is -1.14. The summed E-state index contributed by atoms with van der Waals surface area (Å²) in [6.45, 7) is -0.304. The Morgan fingerprint density at radius 1 is 1.31 bits per heavy atom. The fraction of sp³-hybridized carbons (Fsp3) is 0.800. The Morgan fingerprint density at radius 2 is 2.00 bits per heavy atom. The van der Waals surface area contributed by atoms with Crippen LogP contribution in [0.1, 0.15) is 19.3 Å². The Balaban J connectivity index is 1.83. The largest absolute Gasteiger partial charge is 0.368 e. The van der Waals surface area contributed by atoms with E-state index in [0.29, 0.717) is 11.8 Å². The predicted octanol–water partition coefficient (Wildman–Crippen LogP) is -1.11. The van der Waals surface area contributed by atoms with Gasteiger partial charge in [0.2, 0.25) is 11.8 Å². The molecule has 4 unspecified atom stereocenters. The highest BCUT2D eigenvalue weighted by Crippen LogP contribution is 2.47. The van der Waals surface area contributed by atoms with Crippen LogP contribution in [-0.4, -0.2) is 24.5 Å². The van der Waals surface area contributed by atoms with Gasteiger partial charge in [-0.1, -0.05) is 0 Å². The van der Waals surface area contributed by atoms with Crippen molar-refractivity contribution in [3.05, 3.63) is 0 Å². The van der Waals surface area contributed by atoms with E-state index in [0.717, 1.165) is 19.3 Å². The second kappa shape index (κ2) is 4.39. The van der Waals surface area contributed by atoms with Gasteiger partial charge in [-0.25, -0.2) is 5.48 Å². The molecule has 0 heterocycles. The molecule has 16 heavy (non-hydrogen) atoms. The van der Waals surface area contributed by atoms with Crippen LogP contribution >= 0.6 is 0 Å². The van der Waals surface area contributed by atoms with Crippen molar-refractivity contribution < 1.29 is 14.4 Å². The molecule has 0 radical (unpaired) electrons. The summed E-state index contributed by atoms with van der Waals surface area (Å²) in [6.07, 6.45) is 3.22. The third kappa shape index (κ3) is 2.03. The lowest BCUT2D eigenvalue weighted by Gasteiger charge is -2.26. The second-order valence-electron chi connectivity index (χ2n) is 4.66. The summed E-state index contributed by atoms with van der Waals surface area (Å²) in [5.74, 6) is -0.167. The molecule has 0 aromatic rings. The van der Waals surface area contributed by atoms with E-state index >= 15 is 0 Å². The summed E-state index contributed by atoms with van der Waals surface area (Å²) in [5, 5.41) is 0. The van der Waals surface area contributed by atoms with Crippen LogP contribution in [-0.2, 0) is 14.4 Å². The van der Waals surface area contributed by atoms with Gasteiger partial charge in [0.05, 0.1) is 5.92 Å². The number of nitrogens with one attached hydrogen (secondary N) is 1. The summed E-state index contributed by atoms with van der Waals surface area (Å²) >= 11 is 0. The maximum absolute atomic E-state index is 11.8. The van der Waals surface area contributed by atoms with Crippen LogP contribution in [0, 0.1) is 17.8 Å². The van der Waals surface area contributed by atoms with Crippen LogP contribution in [0.25, 0.3) is 0 Å². The van der Waals surface area contributed by atoms with E-state index in [1.165, 1.54) is 0 Å². The van der Waals surface area contributed by atoms with E-state index in [4.69, 9.17) is 16.3 Å². The van der Waals surface area contributed by atoms with E-state index in [2.05, 4.69) is 5.48 Å². The van der Waals surface area contributed by atoms with Gasteiger partial charge < -0.3 is 11.5 Å². The highest BCUT2D eigenvalue weighted by atomic mass is 16.7. The average Bonchev–Trinajstić information content (AvgIpc) is 2.76. The maximum atomic E-state index is 11.8. The molecule has 6 heteroatoms. The van der Waals surface area contributed by atoms with Crippen LogP contribution in [0.3, 0.4) is 0 Å². The van der Waals surface area contributed by atoms with Crippen LogP contribution < -0.4 is 16.9 Å². The zero-order valence-corrected chi connectivity index (χ0v) is 9.02. The molecule has 2 amide bonds. The molecule has 0 spiro atoms. The fourth-order valence-corrected chi connectivity index (χ4v) is 2.97. The number of carbonyl (C=O) groups is 2. The highest BCUT2D eigenvalue weighted by Gasteiger charge is 2.49. The van der Waals surface area contributed by atoms with Crippen molar-refractivity contribution in [1.82, 2.24) is 5.48 Å². The summed E-state index contributed by atoms with van der Waals surface area (Å²) < 4.78 is 0. The first kappa shape index (κ1) is 11.3. The van der Waals surface area contributed by atoms with Crippen molar-refractivity contribution in [3.63, 3.8) is 0 Å². The number of carbonyl (C=O) groups excluding carboxylic acids is 2. The number of amides is 2. The Bertz CT molecular complexity index is 306. The molecular weight excluding hydrogens is 210 g/mol. The molecule has 0 saturated heterocycles. The lowest BCUT2D eigenvalue weighted by Crippen LogP contribution is -2.45. The minimum atomic E-state index is -0.613. The smallest absolute Gasteiger partial charge is 0.248 e. The minimum Gasteiger partial charge on any atom is -0.368 e. The first-order chi connectivity index (χ1) is 7.59. The number of nitrogens with two attached hydrogens (primary N) is 2. The number of hydrogen-bond donors (Lipinski definition) is 3. The van der Waals surface area contributed by atoms with Crippen molar-refractivity contribution in [2.24, 2.45) is 29.2 Å². The molecule has 0 aromatic heterocycles. The quantitative estimate of drug-likeness (QED) is 0.529. The van der Waals surface area contributed by atoms with Gasteiger partial charge in [0, 0.05) is 6.04 Å². The van der Waals surface area contributed by atoms with Crippen LogP contribution in [0.4, 0.5) is 0 Å². The fourth-order valence-electron chi connectivity index (χ4n) is 2.97. The third-order valence-corrected chi connectivity index (χ3v) is 3.67. The SMILES string of the molecule is NC(=O)CONC(=O)C1C2CCC(C2)C1N. The maximum Gasteiger partial charge on any atom is 0.248 e. The highest BCUT2D eigenvalue weighted by molar-refractivity contribution is 5.80.